The van der Waals surface area contributed by atoms with Crippen LogP contribution in [0.1, 0.15) is 11.7 Å². The van der Waals surface area contributed by atoms with Crippen molar-refractivity contribution in [3.8, 4) is 10.6 Å². The number of likely N-dealkylation sites (tertiary alicyclic amines) is 1. The molecule has 4 rings (SSSR count). The van der Waals surface area contributed by atoms with Crippen LogP contribution in [0.3, 0.4) is 0 Å². The lowest BCUT2D eigenvalue weighted by Crippen LogP contribution is -2.47. The number of thiazole rings is 1. The van der Waals surface area contributed by atoms with Gasteiger partial charge in [-0.05, 0) is 30.3 Å². The molecule has 112 valence electrons. The zero-order chi connectivity index (χ0) is 14.9. The van der Waals surface area contributed by atoms with E-state index >= 15 is 0 Å². The van der Waals surface area contributed by atoms with Crippen LogP contribution in [0.2, 0.25) is 0 Å². The summed E-state index contributed by atoms with van der Waals surface area (Å²) in [5, 5.41) is 7.30. The van der Waals surface area contributed by atoms with Crippen LogP contribution >= 0.6 is 11.3 Å². The van der Waals surface area contributed by atoms with E-state index < -0.39 is 0 Å². The van der Waals surface area contributed by atoms with Crippen LogP contribution in [0.5, 0.6) is 0 Å². The molecule has 0 saturated carbocycles. The van der Waals surface area contributed by atoms with E-state index in [-0.39, 0.29) is 5.82 Å². The van der Waals surface area contributed by atoms with Gasteiger partial charge < -0.3 is 0 Å². The zero-order valence-corrected chi connectivity index (χ0v) is 12.7. The highest BCUT2D eigenvalue weighted by Gasteiger charge is 2.28. The maximum Gasteiger partial charge on any atom is 0.123 e. The summed E-state index contributed by atoms with van der Waals surface area (Å²) in [7, 11) is 0. The van der Waals surface area contributed by atoms with Crippen molar-refractivity contribution in [2.75, 3.05) is 13.1 Å². The molecular formula is C16H15FN4S. The Bertz CT molecular complexity index is 745. The fraction of sp³-hybridized carbons (Fsp3) is 0.250. The first kappa shape index (κ1) is 13.6. The van der Waals surface area contributed by atoms with Crippen LogP contribution < -0.4 is 0 Å². The molecule has 1 aliphatic heterocycles. The summed E-state index contributed by atoms with van der Waals surface area (Å²) in [6, 6.07) is 8.93. The van der Waals surface area contributed by atoms with Gasteiger partial charge >= 0.3 is 0 Å². The van der Waals surface area contributed by atoms with Crippen molar-refractivity contribution in [1.29, 1.82) is 0 Å². The standard InChI is InChI=1S/C16H15FN4S/c17-13-4-2-12(3-5-13)16-19-14(11-22-16)8-20-9-15(10-20)21-7-1-6-18-21/h1-7,11,15H,8-10H2. The van der Waals surface area contributed by atoms with E-state index in [1.54, 1.807) is 23.5 Å². The fourth-order valence-electron chi connectivity index (χ4n) is 2.67. The Labute approximate surface area is 131 Å². The second kappa shape index (κ2) is 5.62. The molecule has 1 saturated heterocycles. The molecule has 1 fully saturated rings. The lowest BCUT2D eigenvalue weighted by atomic mass is 10.1. The largest absolute Gasteiger partial charge is 0.293 e. The number of halogens is 1. The maximum absolute atomic E-state index is 13.0. The Morgan fingerprint density at radius 3 is 2.77 bits per heavy atom. The first-order chi connectivity index (χ1) is 10.8. The van der Waals surface area contributed by atoms with Crippen molar-refractivity contribution in [3.63, 3.8) is 0 Å². The Kier molecular flexibility index (Phi) is 3.48. The summed E-state index contributed by atoms with van der Waals surface area (Å²) < 4.78 is 15.0. The maximum atomic E-state index is 13.0. The number of nitrogens with zero attached hydrogens (tertiary/aromatic N) is 4. The summed E-state index contributed by atoms with van der Waals surface area (Å²) in [6.45, 7) is 2.87. The summed E-state index contributed by atoms with van der Waals surface area (Å²) >= 11 is 1.61. The number of rotatable bonds is 4. The number of benzene rings is 1. The van der Waals surface area contributed by atoms with Gasteiger partial charge in [0.15, 0.2) is 0 Å². The molecule has 0 amide bonds. The Balaban J connectivity index is 1.38. The van der Waals surface area contributed by atoms with Crippen molar-refractivity contribution in [3.05, 3.63) is 59.6 Å². The van der Waals surface area contributed by atoms with Crippen molar-refractivity contribution in [2.24, 2.45) is 0 Å². The Morgan fingerprint density at radius 1 is 1.23 bits per heavy atom. The topological polar surface area (TPSA) is 34.0 Å². The highest BCUT2D eigenvalue weighted by atomic mass is 32.1. The summed E-state index contributed by atoms with van der Waals surface area (Å²) in [5.41, 5.74) is 2.04. The fourth-order valence-corrected chi connectivity index (χ4v) is 3.49. The second-order valence-corrected chi connectivity index (χ2v) is 6.34. The Hall–Kier alpha value is -2.05. The molecule has 0 unspecified atom stereocenters. The van der Waals surface area contributed by atoms with Gasteiger partial charge in [-0.3, -0.25) is 9.58 Å². The summed E-state index contributed by atoms with van der Waals surface area (Å²) in [4.78, 5) is 7.01. The average Bonchev–Trinajstić information content (AvgIpc) is 3.15. The van der Waals surface area contributed by atoms with Gasteiger partial charge in [-0.2, -0.15) is 5.10 Å². The molecule has 3 heterocycles. The molecule has 2 aromatic heterocycles. The lowest BCUT2D eigenvalue weighted by Gasteiger charge is -2.38. The summed E-state index contributed by atoms with van der Waals surface area (Å²) in [5.74, 6) is -0.217. The molecule has 0 spiro atoms. The normalized spacial score (nSPS) is 15.9. The van der Waals surface area contributed by atoms with Gasteiger partial charge in [-0.25, -0.2) is 9.37 Å². The smallest absolute Gasteiger partial charge is 0.123 e. The van der Waals surface area contributed by atoms with Gasteiger partial charge in [-0.1, -0.05) is 0 Å². The van der Waals surface area contributed by atoms with E-state index in [9.17, 15) is 4.39 Å². The van der Waals surface area contributed by atoms with E-state index in [1.807, 2.05) is 23.1 Å². The summed E-state index contributed by atoms with van der Waals surface area (Å²) in [6.07, 6.45) is 3.83. The van der Waals surface area contributed by atoms with Gasteiger partial charge in [0.1, 0.15) is 10.8 Å². The minimum Gasteiger partial charge on any atom is -0.293 e. The van der Waals surface area contributed by atoms with E-state index in [0.29, 0.717) is 6.04 Å². The second-order valence-electron chi connectivity index (χ2n) is 5.48. The zero-order valence-electron chi connectivity index (χ0n) is 11.9. The number of hydrogen-bond acceptors (Lipinski definition) is 4. The molecule has 6 heteroatoms. The van der Waals surface area contributed by atoms with E-state index in [4.69, 9.17) is 0 Å². The molecule has 0 bridgehead atoms. The highest BCUT2D eigenvalue weighted by molar-refractivity contribution is 7.13. The van der Waals surface area contributed by atoms with Gasteiger partial charge in [0.05, 0.1) is 11.7 Å². The van der Waals surface area contributed by atoms with Gasteiger partial charge in [-0.15, -0.1) is 11.3 Å². The molecule has 1 aliphatic rings. The van der Waals surface area contributed by atoms with Gasteiger partial charge in [0.25, 0.3) is 0 Å². The van der Waals surface area contributed by atoms with Crippen LogP contribution in [0.25, 0.3) is 10.6 Å². The average molecular weight is 314 g/mol. The molecular weight excluding hydrogens is 299 g/mol. The quantitative estimate of drug-likeness (QED) is 0.741. The van der Waals surface area contributed by atoms with E-state index in [2.05, 4.69) is 20.4 Å². The number of aromatic nitrogens is 3. The van der Waals surface area contributed by atoms with Gasteiger partial charge in [0.2, 0.25) is 0 Å². The molecule has 0 atom stereocenters. The van der Waals surface area contributed by atoms with Crippen LogP contribution in [0.15, 0.2) is 48.1 Å². The molecule has 4 nitrogen and oxygen atoms in total. The highest BCUT2D eigenvalue weighted by Crippen LogP contribution is 2.27. The van der Waals surface area contributed by atoms with E-state index in [0.717, 1.165) is 35.9 Å². The van der Waals surface area contributed by atoms with Gasteiger partial charge in [0, 0.05) is 43.0 Å². The first-order valence-electron chi connectivity index (χ1n) is 7.20. The monoisotopic (exact) mass is 314 g/mol. The minimum atomic E-state index is -0.217. The predicted octanol–water partition coefficient (Wildman–Crippen LogP) is 3.20. The van der Waals surface area contributed by atoms with E-state index in [1.165, 1.54) is 12.1 Å². The van der Waals surface area contributed by atoms with Crippen LogP contribution in [0, 0.1) is 5.82 Å². The number of hydrogen-bond donors (Lipinski definition) is 0. The molecule has 0 N–H and O–H groups in total. The SMILES string of the molecule is Fc1ccc(-c2nc(CN3CC(n4cccn4)C3)cs2)cc1. The Morgan fingerprint density at radius 2 is 2.05 bits per heavy atom. The third-order valence-corrected chi connectivity index (χ3v) is 4.81. The van der Waals surface area contributed by atoms with Crippen LogP contribution in [-0.4, -0.2) is 32.8 Å². The predicted molar refractivity (Wildman–Crippen MR) is 84.0 cm³/mol. The lowest BCUT2D eigenvalue weighted by molar-refractivity contribution is 0.0898. The molecule has 0 aliphatic carbocycles. The van der Waals surface area contributed by atoms with Crippen molar-refractivity contribution in [2.45, 2.75) is 12.6 Å². The molecule has 0 radical (unpaired) electrons. The third kappa shape index (κ3) is 2.67. The molecule has 22 heavy (non-hydrogen) atoms. The van der Waals surface area contributed by atoms with Crippen molar-refractivity contribution >= 4 is 11.3 Å². The molecule has 1 aromatic carbocycles. The first-order valence-corrected chi connectivity index (χ1v) is 8.08. The van der Waals surface area contributed by atoms with Crippen LogP contribution in [0.4, 0.5) is 4.39 Å². The third-order valence-electron chi connectivity index (χ3n) is 3.87. The van der Waals surface area contributed by atoms with Crippen molar-refractivity contribution in [1.82, 2.24) is 19.7 Å². The van der Waals surface area contributed by atoms with Crippen LogP contribution in [-0.2, 0) is 6.54 Å². The van der Waals surface area contributed by atoms with Crippen molar-refractivity contribution < 1.29 is 4.39 Å². The minimum absolute atomic E-state index is 0.217. The molecule has 3 aromatic rings.